The maximum Gasteiger partial charge on any atom is 0.0715 e. The third-order valence-corrected chi connectivity index (χ3v) is 2.44. The van der Waals surface area contributed by atoms with Crippen molar-refractivity contribution in [3.8, 4) is 0 Å². The average molecular weight is 215 g/mol. The van der Waals surface area contributed by atoms with Crippen LogP contribution >= 0.6 is 0 Å². The Morgan fingerprint density at radius 2 is 1.73 bits per heavy atom. The van der Waals surface area contributed by atoms with Gasteiger partial charge in [0, 0.05) is 12.6 Å². The molecule has 2 N–H and O–H groups in total. The normalized spacial score (nSPS) is 27.6. The summed E-state index contributed by atoms with van der Waals surface area (Å²) in [6, 6.07) is 0.517. The predicted octanol–water partition coefficient (Wildman–Crippen LogP) is 1.69. The van der Waals surface area contributed by atoms with E-state index in [9.17, 15) is 5.11 Å². The summed E-state index contributed by atoms with van der Waals surface area (Å²) in [5, 5.41) is 12.9. The smallest absolute Gasteiger partial charge is 0.0715 e. The van der Waals surface area contributed by atoms with Crippen LogP contribution in [-0.2, 0) is 4.74 Å². The number of nitrogens with one attached hydrogen (secondary N) is 1. The molecule has 1 aliphatic rings. The summed E-state index contributed by atoms with van der Waals surface area (Å²) in [6.45, 7) is 10.6. The van der Waals surface area contributed by atoms with Crippen LogP contribution in [0.3, 0.4) is 0 Å². The molecule has 0 aromatic rings. The Labute approximate surface area is 93.2 Å². The van der Waals surface area contributed by atoms with E-state index < -0.39 is 5.60 Å². The van der Waals surface area contributed by atoms with E-state index in [4.69, 9.17) is 4.74 Å². The van der Waals surface area contributed by atoms with E-state index in [0.717, 1.165) is 12.8 Å². The van der Waals surface area contributed by atoms with Gasteiger partial charge in [0.15, 0.2) is 0 Å². The van der Waals surface area contributed by atoms with Gasteiger partial charge < -0.3 is 15.2 Å². The zero-order chi connectivity index (χ0) is 11.7. The molecule has 1 saturated carbocycles. The monoisotopic (exact) mass is 215 g/mol. The highest BCUT2D eigenvalue weighted by Gasteiger charge is 2.33. The first-order chi connectivity index (χ1) is 6.66. The summed E-state index contributed by atoms with van der Waals surface area (Å²) in [5.74, 6) is 0. The molecule has 0 unspecified atom stereocenters. The van der Waals surface area contributed by atoms with Crippen LogP contribution < -0.4 is 5.32 Å². The number of ether oxygens (including phenoxy) is 1. The van der Waals surface area contributed by atoms with E-state index in [1.165, 1.54) is 0 Å². The molecule has 1 fully saturated rings. The van der Waals surface area contributed by atoms with E-state index in [1.807, 2.05) is 13.8 Å². The van der Waals surface area contributed by atoms with E-state index in [2.05, 4.69) is 26.1 Å². The summed E-state index contributed by atoms with van der Waals surface area (Å²) in [5.41, 5.74) is -0.651. The summed E-state index contributed by atoms with van der Waals surface area (Å²) in [7, 11) is 0. The maximum absolute atomic E-state index is 9.54. The maximum atomic E-state index is 9.54. The standard InChI is InChI=1S/C12H25NO2/c1-11(2,3)15-10-6-9(7-10)13-8-12(4,5)14/h9-10,13-14H,6-8H2,1-5H3. The lowest BCUT2D eigenvalue weighted by Gasteiger charge is -2.40. The fourth-order valence-electron chi connectivity index (χ4n) is 1.72. The Kier molecular flexibility index (Phi) is 3.80. The molecule has 0 radical (unpaired) electrons. The van der Waals surface area contributed by atoms with Crippen molar-refractivity contribution in [1.82, 2.24) is 5.32 Å². The van der Waals surface area contributed by atoms with Crippen LogP contribution in [0.25, 0.3) is 0 Å². The van der Waals surface area contributed by atoms with Crippen LogP contribution in [-0.4, -0.2) is 35.0 Å². The van der Waals surface area contributed by atoms with Gasteiger partial charge in [0.05, 0.1) is 17.3 Å². The number of hydrogen-bond donors (Lipinski definition) is 2. The Bertz CT molecular complexity index is 197. The van der Waals surface area contributed by atoms with Crippen molar-refractivity contribution in [2.45, 2.75) is 70.8 Å². The molecule has 0 atom stereocenters. The van der Waals surface area contributed by atoms with Crippen LogP contribution in [0.2, 0.25) is 0 Å². The van der Waals surface area contributed by atoms with Crippen molar-refractivity contribution < 1.29 is 9.84 Å². The fourth-order valence-corrected chi connectivity index (χ4v) is 1.72. The van der Waals surface area contributed by atoms with E-state index in [1.54, 1.807) is 0 Å². The van der Waals surface area contributed by atoms with Gasteiger partial charge in [-0.05, 0) is 47.5 Å². The van der Waals surface area contributed by atoms with E-state index >= 15 is 0 Å². The van der Waals surface area contributed by atoms with Gasteiger partial charge in [-0.3, -0.25) is 0 Å². The highest BCUT2D eigenvalue weighted by molar-refractivity contribution is 4.88. The molecule has 0 bridgehead atoms. The highest BCUT2D eigenvalue weighted by Crippen LogP contribution is 2.27. The number of hydrogen-bond acceptors (Lipinski definition) is 3. The largest absolute Gasteiger partial charge is 0.389 e. The minimum Gasteiger partial charge on any atom is -0.389 e. The minimum absolute atomic E-state index is 0.0358. The van der Waals surface area contributed by atoms with Gasteiger partial charge in [-0.15, -0.1) is 0 Å². The summed E-state index contributed by atoms with van der Waals surface area (Å²) in [4.78, 5) is 0. The molecular weight excluding hydrogens is 190 g/mol. The molecule has 1 rings (SSSR count). The van der Waals surface area contributed by atoms with Gasteiger partial charge in [0.1, 0.15) is 0 Å². The molecule has 0 aromatic heterocycles. The third kappa shape index (κ3) is 5.50. The number of rotatable bonds is 4. The third-order valence-electron chi connectivity index (χ3n) is 2.44. The van der Waals surface area contributed by atoms with Gasteiger partial charge in [-0.25, -0.2) is 0 Å². The molecule has 0 spiro atoms. The molecule has 0 aromatic carbocycles. The van der Waals surface area contributed by atoms with Crippen molar-refractivity contribution in [1.29, 1.82) is 0 Å². The lowest BCUT2D eigenvalue weighted by molar-refractivity contribution is -0.104. The SMILES string of the molecule is CC(C)(O)CNC1CC(OC(C)(C)C)C1. The summed E-state index contributed by atoms with van der Waals surface area (Å²) < 4.78 is 5.83. The molecule has 1 aliphatic carbocycles. The molecule has 0 saturated heterocycles. The van der Waals surface area contributed by atoms with Crippen molar-refractivity contribution in [2.75, 3.05) is 6.54 Å². The van der Waals surface area contributed by atoms with Crippen molar-refractivity contribution in [2.24, 2.45) is 0 Å². The Morgan fingerprint density at radius 3 is 2.13 bits per heavy atom. The van der Waals surface area contributed by atoms with Crippen LogP contribution in [0.1, 0.15) is 47.5 Å². The van der Waals surface area contributed by atoms with Crippen molar-refractivity contribution in [3.63, 3.8) is 0 Å². The first kappa shape index (κ1) is 12.9. The van der Waals surface area contributed by atoms with Gasteiger partial charge in [-0.1, -0.05) is 0 Å². The molecule has 3 nitrogen and oxygen atoms in total. The molecule has 3 heteroatoms. The predicted molar refractivity (Wildman–Crippen MR) is 61.9 cm³/mol. The molecule has 15 heavy (non-hydrogen) atoms. The second-order valence-electron chi connectivity index (χ2n) is 6.21. The first-order valence-electron chi connectivity index (χ1n) is 5.79. The lowest BCUT2D eigenvalue weighted by atomic mass is 9.88. The Balaban J connectivity index is 2.11. The van der Waals surface area contributed by atoms with E-state index in [0.29, 0.717) is 18.7 Å². The highest BCUT2D eigenvalue weighted by atomic mass is 16.5. The van der Waals surface area contributed by atoms with Crippen LogP contribution in [0, 0.1) is 0 Å². The van der Waals surface area contributed by atoms with E-state index in [-0.39, 0.29) is 5.60 Å². The average Bonchev–Trinajstić information content (AvgIpc) is 1.89. The zero-order valence-corrected chi connectivity index (χ0v) is 10.6. The first-order valence-corrected chi connectivity index (χ1v) is 5.79. The minimum atomic E-state index is -0.615. The summed E-state index contributed by atoms with van der Waals surface area (Å²) in [6.07, 6.45) is 2.52. The topological polar surface area (TPSA) is 41.5 Å². The van der Waals surface area contributed by atoms with Crippen molar-refractivity contribution >= 4 is 0 Å². The van der Waals surface area contributed by atoms with Gasteiger partial charge in [0.2, 0.25) is 0 Å². The quantitative estimate of drug-likeness (QED) is 0.750. The fraction of sp³-hybridized carbons (Fsp3) is 1.00. The van der Waals surface area contributed by atoms with Gasteiger partial charge in [0.25, 0.3) is 0 Å². The Hall–Kier alpha value is -0.120. The molecule has 0 aliphatic heterocycles. The lowest BCUT2D eigenvalue weighted by Crippen LogP contribution is -2.51. The van der Waals surface area contributed by atoms with Gasteiger partial charge >= 0.3 is 0 Å². The van der Waals surface area contributed by atoms with Crippen LogP contribution in [0.15, 0.2) is 0 Å². The van der Waals surface area contributed by atoms with Crippen molar-refractivity contribution in [3.05, 3.63) is 0 Å². The molecular formula is C12H25NO2. The van der Waals surface area contributed by atoms with Crippen LogP contribution in [0.4, 0.5) is 0 Å². The molecule has 0 amide bonds. The number of aliphatic hydroxyl groups is 1. The molecule has 90 valence electrons. The second kappa shape index (κ2) is 4.40. The Morgan fingerprint density at radius 1 is 1.20 bits per heavy atom. The van der Waals surface area contributed by atoms with Crippen LogP contribution in [0.5, 0.6) is 0 Å². The zero-order valence-electron chi connectivity index (χ0n) is 10.6. The second-order valence-corrected chi connectivity index (χ2v) is 6.21. The molecule has 0 heterocycles. The summed E-state index contributed by atoms with van der Waals surface area (Å²) >= 11 is 0. The van der Waals surface area contributed by atoms with Gasteiger partial charge in [-0.2, -0.15) is 0 Å².